The number of benzene rings is 8. The van der Waals surface area contributed by atoms with Gasteiger partial charge in [0.2, 0.25) is 5.95 Å². The molecule has 0 saturated carbocycles. The van der Waals surface area contributed by atoms with Crippen LogP contribution in [0.2, 0.25) is 0 Å². The molecule has 3 heterocycles. The van der Waals surface area contributed by atoms with Gasteiger partial charge in [-0.05, 0) is 58.8 Å². The molecule has 0 atom stereocenters. The van der Waals surface area contributed by atoms with Crippen LogP contribution in [0.3, 0.4) is 0 Å². The molecule has 0 fully saturated rings. The van der Waals surface area contributed by atoms with Crippen molar-refractivity contribution in [3.8, 4) is 28.1 Å². The Labute approximate surface area is 288 Å². The van der Waals surface area contributed by atoms with Gasteiger partial charge >= 0.3 is 0 Å². The van der Waals surface area contributed by atoms with E-state index in [0.717, 1.165) is 39.2 Å². The van der Waals surface area contributed by atoms with Crippen molar-refractivity contribution >= 4 is 71.6 Å². The van der Waals surface area contributed by atoms with Gasteiger partial charge in [0, 0.05) is 43.7 Å². The quantitative estimate of drug-likeness (QED) is 0.193. The molecule has 0 N–H and O–H groups in total. The third-order valence-corrected chi connectivity index (χ3v) is 10.3. The molecule has 4 nitrogen and oxygen atoms in total. The number of hydrogen-bond donors (Lipinski definition) is 0. The number of rotatable bonds is 3. The van der Waals surface area contributed by atoms with Crippen molar-refractivity contribution in [2.75, 3.05) is 4.90 Å². The summed E-state index contributed by atoms with van der Waals surface area (Å²) in [5.41, 5.74) is 11.0. The molecule has 4 heteroatoms. The van der Waals surface area contributed by atoms with Crippen molar-refractivity contribution in [1.82, 2.24) is 14.5 Å². The largest absolute Gasteiger partial charge is 0.309 e. The van der Waals surface area contributed by atoms with Crippen molar-refractivity contribution in [1.29, 1.82) is 0 Å². The van der Waals surface area contributed by atoms with Gasteiger partial charge in [-0.2, -0.15) is 0 Å². The summed E-state index contributed by atoms with van der Waals surface area (Å²) in [7, 11) is 0. The summed E-state index contributed by atoms with van der Waals surface area (Å²) in [5, 5.41) is 8.20. The van der Waals surface area contributed by atoms with Crippen LogP contribution in [0.15, 0.2) is 170 Å². The number of aromatic nitrogens is 3. The highest BCUT2D eigenvalue weighted by molar-refractivity contribution is 6.19. The lowest BCUT2D eigenvalue weighted by Crippen LogP contribution is -2.18. The molecule has 0 unspecified atom stereocenters. The molecule has 0 spiro atoms. The Morgan fingerprint density at radius 2 is 1.16 bits per heavy atom. The van der Waals surface area contributed by atoms with Crippen LogP contribution in [0, 0.1) is 0 Å². The van der Waals surface area contributed by atoms with E-state index in [2.05, 4.69) is 179 Å². The number of anilines is 3. The first kappa shape index (κ1) is 27.2. The second kappa shape index (κ2) is 10.4. The zero-order chi connectivity index (χ0) is 32.8. The van der Waals surface area contributed by atoms with E-state index in [9.17, 15) is 0 Å². The summed E-state index contributed by atoms with van der Waals surface area (Å²) < 4.78 is 2.35. The summed E-state index contributed by atoms with van der Waals surface area (Å²) in [5.74, 6) is 0.658. The van der Waals surface area contributed by atoms with Gasteiger partial charge in [-0.15, -0.1) is 0 Å². The molecule has 11 rings (SSSR count). The van der Waals surface area contributed by atoms with Crippen molar-refractivity contribution in [3.63, 3.8) is 0 Å². The van der Waals surface area contributed by atoms with Crippen LogP contribution in [-0.2, 0) is 0 Å². The molecule has 0 radical (unpaired) electrons. The predicted molar refractivity (Wildman–Crippen MR) is 208 cm³/mol. The van der Waals surface area contributed by atoms with Gasteiger partial charge in [0.05, 0.1) is 33.6 Å². The second-order valence-electron chi connectivity index (χ2n) is 13.0. The van der Waals surface area contributed by atoms with Gasteiger partial charge in [-0.1, -0.05) is 127 Å². The smallest absolute Gasteiger partial charge is 0.235 e. The van der Waals surface area contributed by atoms with Crippen LogP contribution in [0.5, 0.6) is 0 Å². The topological polar surface area (TPSA) is 34.0 Å². The van der Waals surface area contributed by atoms with Crippen molar-refractivity contribution in [3.05, 3.63) is 170 Å². The van der Waals surface area contributed by atoms with Gasteiger partial charge < -0.3 is 4.57 Å². The number of nitrogens with zero attached hydrogens (tertiary/aromatic N) is 4. The molecule has 1 aliphatic rings. The molecule has 0 amide bonds. The minimum Gasteiger partial charge on any atom is -0.309 e. The van der Waals surface area contributed by atoms with Gasteiger partial charge in [0.25, 0.3) is 0 Å². The van der Waals surface area contributed by atoms with Crippen LogP contribution in [0.25, 0.3) is 82.3 Å². The first-order valence-electron chi connectivity index (χ1n) is 17.0. The highest BCUT2D eigenvalue weighted by Gasteiger charge is 2.30. The standard InChI is InChI=1S/C46H28N4/c1-2-15-32(16-3-1)49-40-22-9-7-18-34(40)38-28-31(25-27-41(38)49)44-37-19-6-8-21-39(37)47-46(48-44)50-42-23-11-14-30-13-10-20-35(43(30)42)36-26-24-29-12-4-5-17-33(29)45(36)50/h1-28H. The number of para-hydroxylation sites is 3. The molecule has 2 aromatic heterocycles. The lowest BCUT2D eigenvalue weighted by Gasteiger charge is -2.33. The van der Waals surface area contributed by atoms with E-state index in [4.69, 9.17) is 9.97 Å². The van der Waals surface area contributed by atoms with E-state index < -0.39 is 0 Å². The summed E-state index contributed by atoms with van der Waals surface area (Å²) in [6.07, 6.45) is 0. The van der Waals surface area contributed by atoms with Gasteiger partial charge in [0.15, 0.2) is 0 Å². The van der Waals surface area contributed by atoms with Crippen LogP contribution < -0.4 is 4.90 Å². The third-order valence-electron chi connectivity index (χ3n) is 10.3. The minimum atomic E-state index is 0.658. The zero-order valence-corrected chi connectivity index (χ0v) is 27.0. The van der Waals surface area contributed by atoms with Crippen LogP contribution >= 0.6 is 0 Å². The SMILES string of the molecule is c1ccc(-n2c3ccccc3c3cc(-c4nc(N5c6c(ccc7ccccc67)-c6cccc7cccc5c67)nc5ccccc45)ccc32)cc1. The predicted octanol–water partition coefficient (Wildman–Crippen LogP) is 12.2. The Bertz CT molecular complexity index is 2990. The molecular weight excluding hydrogens is 609 g/mol. The first-order valence-corrected chi connectivity index (χ1v) is 17.0. The van der Waals surface area contributed by atoms with Crippen molar-refractivity contribution in [2.45, 2.75) is 0 Å². The Hall–Kier alpha value is -6.78. The van der Waals surface area contributed by atoms with Crippen LogP contribution in [-0.4, -0.2) is 14.5 Å². The maximum atomic E-state index is 5.52. The van der Waals surface area contributed by atoms with E-state index in [1.807, 2.05) is 0 Å². The average Bonchev–Trinajstić information content (AvgIpc) is 3.52. The maximum absolute atomic E-state index is 5.52. The van der Waals surface area contributed by atoms with E-state index in [-0.39, 0.29) is 0 Å². The van der Waals surface area contributed by atoms with E-state index >= 15 is 0 Å². The monoisotopic (exact) mass is 636 g/mol. The van der Waals surface area contributed by atoms with Crippen molar-refractivity contribution in [2.24, 2.45) is 0 Å². The molecule has 0 saturated heterocycles. The van der Waals surface area contributed by atoms with E-state index in [0.29, 0.717) is 5.95 Å². The number of fused-ring (bicyclic) bond motifs is 8. The second-order valence-corrected chi connectivity index (χ2v) is 13.0. The van der Waals surface area contributed by atoms with Gasteiger partial charge in [-0.3, -0.25) is 4.90 Å². The van der Waals surface area contributed by atoms with Gasteiger partial charge in [0.1, 0.15) is 0 Å². The fourth-order valence-electron chi connectivity index (χ4n) is 8.13. The summed E-state index contributed by atoms with van der Waals surface area (Å²) in [4.78, 5) is 13.1. The van der Waals surface area contributed by atoms with E-state index in [1.54, 1.807) is 0 Å². The molecule has 10 aromatic rings. The summed E-state index contributed by atoms with van der Waals surface area (Å²) in [6.45, 7) is 0. The van der Waals surface area contributed by atoms with Crippen molar-refractivity contribution < 1.29 is 0 Å². The van der Waals surface area contributed by atoms with E-state index in [1.165, 1.54) is 54.5 Å². The fraction of sp³-hybridized carbons (Fsp3) is 0. The highest BCUT2D eigenvalue weighted by atomic mass is 15.3. The Kier molecular flexibility index (Phi) is 5.63. The molecule has 232 valence electrons. The average molecular weight is 637 g/mol. The summed E-state index contributed by atoms with van der Waals surface area (Å²) >= 11 is 0. The Morgan fingerprint density at radius 3 is 2.06 bits per heavy atom. The lowest BCUT2D eigenvalue weighted by molar-refractivity contribution is 1.12. The fourth-order valence-corrected chi connectivity index (χ4v) is 8.13. The zero-order valence-electron chi connectivity index (χ0n) is 27.0. The molecule has 1 aliphatic heterocycles. The van der Waals surface area contributed by atoms with Crippen LogP contribution in [0.1, 0.15) is 0 Å². The van der Waals surface area contributed by atoms with Crippen LogP contribution in [0.4, 0.5) is 17.3 Å². The number of hydrogen-bond acceptors (Lipinski definition) is 3. The molecule has 0 bridgehead atoms. The molecule has 0 aliphatic carbocycles. The first-order chi connectivity index (χ1) is 24.8. The normalized spacial score (nSPS) is 12.4. The molecule has 8 aromatic carbocycles. The highest BCUT2D eigenvalue weighted by Crippen LogP contribution is 2.53. The maximum Gasteiger partial charge on any atom is 0.235 e. The third kappa shape index (κ3) is 3.81. The minimum absolute atomic E-state index is 0.658. The Morgan fingerprint density at radius 1 is 0.440 bits per heavy atom. The molecular formula is C46H28N4. The molecule has 50 heavy (non-hydrogen) atoms. The van der Waals surface area contributed by atoms with Gasteiger partial charge in [-0.25, -0.2) is 9.97 Å². The lowest BCUT2D eigenvalue weighted by atomic mass is 9.89. The summed E-state index contributed by atoms with van der Waals surface area (Å²) in [6, 6.07) is 60.7. The Balaban J connectivity index is 1.21.